The highest BCUT2D eigenvalue weighted by molar-refractivity contribution is 7.99. The molecule has 162 valence electrons. The average Bonchev–Trinajstić information content (AvgIpc) is 3.40. The molecule has 0 fully saturated rings. The maximum absolute atomic E-state index is 12.5. The molecule has 0 saturated heterocycles. The van der Waals surface area contributed by atoms with E-state index in [1.165, 1.54) is 23.1 Å². The number of nitrogens with zero attached hydrogens (tertiary/aromatic N) is 3. The smallest absolute Gasteiger partial charge is 0.251 e. The van der Waals surface area contributed by atoms with Gasteiger partial charge in [0.2, 0.25) is 5.91 Å². The molecule has 7 nitrogen and oxygen atoms in total. The second-order valence-electron chi connectivity index (χ2n) is 6.85. The van der Waals surface area contributed by atoms with Crippen molar-refractivity contribution in [3.63, 3.8) is 0 Å². The zero-order valence-electron chi connectivity index (χ0n) is 16.9. The number of nitrogens with two attached hydrogens (primary N) is 1. The average molecular weight is 484 g/mol. The highest BCUT2D eigenvalue weighted by Crippen LogP contribution is 2.29. The largest absolute Gasteiger partial charge is 0.366 e. The van der Waals surface area contributed by atoms with E-state index in [4.69, 9.17) is 17.3 Å². The molecule has 2 heterocycles. The van der Waals surface area contributed by atoms with Gasteiger partial charge in [0.15, 0.2) is 11.0 Å². The van der Waals surface area contributed by atoms with E-state index in [-0.39, 0.29) is 11.7 Å². The zero-order chi connectivity index (χ0) is 22.7. The van der Waals surface area contributed by atoms with Gasteiger partial charge in [0.25, 0.3) is 5.91 Å². The van der Waals surface area contributed by atoms with Crippen molar-refractivity contribution < 1.29 is 9.59 Å². The van der Waals surface area contributed by atoms with Crippen LogP contribution in [0.25, 0.3) is 17.1 Å². The first-order valence-corrected chi connectivity index (χ1v) is 11.7. The number of anilines is 1. The Morgan fingerprint density at radius 2 is 1.94 bits per heavy atom. The van der Waals surface area contributed by atoms with Crippen molar-refractivity contribution in [3.05, 3.63) is 76.1 Å². The molecule has 0 radical (unpaired) electrons. The van der Waals surface area contributed by atoms with E-state index >= 15 is 0 Å². The van der Waals surface area contributed by atoms with Gasteiger partial charge in [-0.05, 0) is 60.3 Å². The number of thiophene rings is 1. The van der Waals surface area contributed by atoms with Gasteiger partial charge in [-0.3, -0.25) is 14.2 Å². The Balaban J connectivity index is 1.61. The number of thioether (sulfide) groups is 1. The molecule has 2 amide bonds. The van der Waals surface area contributed by atoms with Crippen molar-refractivity contribution >= 4 is 51.5 Å². The summed E-state index contributed by atoms with van der Waals surface area (Å²) in [5.41, 5.74) is 8.46. The van der Waals surface area contributed by atoms with E-state index in [9.17, 15) is 9.59 Å². The van der Waals surface area contributed by atoms with Crippen LogP contribution < -0.4 is 11.1 Å². The van der Waals surface area contributed by atoms with Crippen molar-refractivity contribution in [2.45, 2.75) is 12.1 Å². The second kappa shape index (κ2) is 9.56. The number of aromatic nitrogens is 3. The summed E-state index contributed by atoms with van der Waals surface area (Å²) < 4.78 is 1.91. The van der Waals surface area contributed by atoms with Gasteiger partial charge < -0.3 is 11.1 Å². The Bertz CT molecular complexity index is 1280. The van der Waals surface area contributed by atoms with Gasteiger partial charge >= 0.3 is 0 Å². The van der Waals surface area contributed by atoms with Gasteiger partial charge in [-0.25, -0.2) is 0 Å². The SMILES string of the molecule is Cc1cccc(-n2c(SCC(=O)Nc3sccc3C(N)=O)nnc2-c2ccc(Cl)cc2)c1. The number of halogens is 1. The molecule has 0 aliphatic carbocycles. The first-order chi connectivity index (χ1) is 15.4. The van der Waals surface area contributed by atoms with Gasteiger partial charge in [-0.15, -0.1) is 21.5 Å². The van der Waals surface area contributed by atoms with Crippen LogP contribution >= 0.6 is 34.7 Å². The monoisotopic (exact) mass is 483 g/mol. The van der Waals surface area contributed by atoms with Crippen molar-refractivity contribution in [2.24, 2.45) is 5.73 Å². The first-order valence-electron chi connectivity index (χ1n) is 9.50. The Morgan fingerprint density at radius 1 is 1.16 bits per heavy atom. The normalized spacial score (nSPS) is 10.8. The number of carbonyl (C=O) groups is 2. The fraction of sp³-hybridized carbons (Fsp3) is 0.0909. The fourth-order valence-electron chi connectivity index (χ4n) is 3.04. The lowest BCUT2D eigenvalue weighted by atomic mass is 10.2. The minimum Gasteiger partial charge on any atom is -0.366 e. The van der Waals surface area contributed by atoms with Crippen molar-refractivity contribution in [2.75, 3.05) is 11.1 Å². The number of primary amides is 1. The standard InChI is InChI=1S/C22H18ClN5O2S2/c1-13-3-2-4-16(11-13)28-20(14-5-7-15(23)8-6-14)26-27-22(28)32-12-18(29)25-21-17(19(24)30)9-10-31-21/h2-11H,12H2,1H3,(H2,24,30)(H,25,29). The van der Waals surface area contributed by atoms with Crippen LogP contribution in [-0.2, 0) is 4.79 Å². The third-order valence-corrected chi connectivity index (χ3v) is 6.52. The van der Waals surface area contributed by atoms with Crippen LogP contribution in [0, 0.1) is 6.92 Å². The zero-order valence-corrected chi connectivity index (χ0v) is 19.3. The molecule has 0 aliphatic rings. The molecule has 2 aromatic carbocycles. The van der Waals surface area contributed by atoms with E-state index in [1.807, 2.05) is 47.9 Å². The van der Waals surface area contributed by atoms with Crippen LogP contribution in [0.2, 0.25) is 5.02 Å². The Morgan fingerprint density at radius 3 is 2.66 bits per heavy atom. The molecule has 32 heavy (non-hydrogen) atoms. The summed E-state index contributed by atoms with van der Waals surface area (Å²) in [4.78, 5) is 24.0. The number of carbonyl (C=O) groups excluding carboxylic acids is 2. The summed E-state index contributed by atoms with van der Waals surface area (Å²) >= 11 is 8.53. The van der Waals surface area contributed by atoms with Crippen molar-refractivity contribution in [1.82, 2.24) is 14.8 Å². The van der Waals surface area contributed by atoms with Crippen molar-refractivity contribution in [3.8, 4) is 17.1 Å². The van der Waals surface area contributed by atoms with Crippen LogP contribution in [0.15, 0.2) is 65.1 Å². The van der Waals surface area contributed by atoms with Gasteiger partial charge in [-0.2, -0.15) is 0 Å². The third kappa shape index (κ3) is 4.85. The first kappa shape index (κ1) is 22.1. The van der Waals surface area contributed by atoms with Crippen LogP contribution in [0.1, 0.15) is 15.9 Å². The van der Waals surface area contributed by atoms with Gasteiger partial charge in [0, 0.05) is 16.3 Å². The number of aryl methyl sites for hydroxylation is 1. The summed E-state index contributed by atoms with van der Waals surface area (Å²) in [6.45, 7) is 2.01. The Kier molecular flexibility index (Phi) is 6.59. The molecule has 0 aliphatic heterocycles. The van der Waals surface area contributed by atoms with E-state index < -0.39 is 5.91 Å². The summed E-state index contributed by atoms with van der Waals surface area (Å²) in [5, 5.41) is 14.8. The quantitative estimate of drug-likeness (QED) is 0.368. The van der Waals surface area contributed by atoms with Gasteiger partial charge in [0.1, 0.15) is 5.00 Å². The highest BCUT2D eigenvalue weighted by Gasteiger charge is 2.18. The van der Waals surface area contributed by atoms with Crippen LogP contribution in [0.4, 0.5) is 5.00 Å². The number of nitrogens with one attached hydrogen (secondary N) is 1. The van der Waals surface area contributed by atoms with Crippen molar-refractivity contribution in [1.29, 1.82) is 0 Å². The third-order valence-electron chi connectivity index (χ3n) is 4.51. The lowest BCUT2D eigenvalue weighted by Gasteiger charge is -2.11. The minimum atomic E-state index is -0.582. The lowest BCUT2D eigenvalue weighted by molar-refractivity contribution is -0.113. The topological polar surface area (TPSA) is 103 Å². The van der Waals surface area contributed by atoms with Crippen LogP contribution in [-0.4, -0.2) is 32.3 Å². The number of hydrogen-bond donors (Lipinski definition) is 2. The van der Waals surface area contributed by atoms with E-state index in [2.05, 4.69) is 15.5 Å². The molecule has 10 heteroatoms. The Labute approximate surface area is 197 Å². The van der Waals surface area contributed by atoms with Crippen LogP contribution in [0.5, 0.6) is 0 Å². The molecule has 0 saturated carbocycles. The van der Waals surface area contributed by atoms with E-state index in [0.717, 1.165) is 16.8 Å². The summed E-state index contributed by atoms with van der Waals surface area (Å²) in [5.74, 6) is -0.127. The molecule has 0 unspecified atom stereocenters. The van der Waals surface area contributed by atoms with E-state index in [0.29, 0.717) is 26.6 Å². The molecule has 3 N–H and O–H groups in total. The number of amides is 2. The van der Waals surface area contributed by atoms with Gasteiger partial charge in [0.05, 0.1) is 11.3 Å². The summed E-state index contributed by atoms with van der Waals surface area (Å²) in [6, 6.07) is 16.9. The number of benzene rings is 2. The molecule has 0 bridgehead atoms. The fourth-order valence-corrected chi connectivity index (χ4v) is 4.73. The summed E-state index contributed by atoms with van der Waals surface area (Å²) in [7, 11) is 0. The predicted molar refractivity (Wildman–Crippen MR) is 129 cm³/mol. The maximum atomic E-state index is 12.5. The van der Waals surface area contributed by atoms with E-state index in [1.54, 1.807) is 23.6 Å². The molecule has 2 aromatic heterocycles. The lowest BCUT2D eigenvalue weighted by Crippen LogP contribution is -2.18. The molecule has 0 spiro atoms. The molecule has 0 atom stereocenters. The van der Waals surface area contributed by atoms with Crippen LogP contribution in [0.3, 0.4) is 0 Å². The molecule has 4 rings (SSSR count). The number of rotatable bonds is 7. The molecule has 4 aromatic rings. The minimum absolute atomic E-state index is 0.0840. The van der Waals surface area contributed by atoms with Gasteiger partial charge in [-0.1, -0.05) is 35.5 Å². The predicted octanol–water partition coefficient (Wildman–Crippen LogP) is 4.79. The molecular formula is C22H18ClN5O2S2. The molecular weight excluding hydrogens is 466 g/mol. The highest BCUT2D eigenvalue weighted by atomic mass is 35.5. The maximum Gasteiger partial charge on any atom is 0.251 e. The second-order valence-corrected chi connectivity index (χ2v) is 9.15. The summed E-state index contributed by atoms with van der Waals surface area (Å²) in [6.07, 6.45) is 0. The Hall–Kier alpha value is -3.14. The number of hydrogen-bond acceptors (Lipinski definition) is 6.